The molecule has 1 atom stereocenters. The van der Waals surface area contributed by atoms with Crippen molar-refractivity contribution in [1.82, 2.24) is 18.8 Å². The Kier molecular flexibility index (Phi) is 4.42. The van der Waals surface area contributed by atoms with E-state index >= 15 is 0 Å². The normalized spacial score (nSPS) is 17.5. The quantitative estimate of drug-likeness (QED) is 0.802. The number of allylic oxidation sites excluding steroid dienone is 1. The van der Waals surface area contributed by atoms with Crippen LogP contribution in [0.15, 0.2) is 47.1 Å². The molecule has 2 heterocycles. The van der Waals surface area contributed by atoms with Gasteiger partial charge in [0, 0.05) is 37.6 Å². The second-order valence-corrected chi connectivity index (χ2v) is 7.64. The Hall–Kier alpha value is -2.19. The number of fused-ring (bicyclic) bond motifs is 1. The van der Waals surface area contributed by atoms with Gasteiger partial charge in [0.25, 0.3) is 15.6 Å². The van der Waals surface area contributed by atoms with Crippen LogP contribution in [-0.2, 0) is 36.5 Å². The number of hydrogen-bond acceptors (Lipinski definition) is 4. The fourth-order valence-corrected chi connectivity index (χ4v) is 4.31. The van der Waals surface area contributed by atoms with E-state index in [1.54, 1.807) is 28.3 Å². The number of nitrogens with zero attached hydrogens (tertiary/aromatic N) is 3. The summed E-state index contributed by atoms with van der Waals surface area (Å²) >= 11 is 0. The average molecular weight is 348 g/mol. The molecule has 0 saturated carbocycles. The van der Waals surface area contributed by atoms with Crippen molar-refractivity contribution in [3.8, 4) is 0 Å². The monoisotopic (exact) mass is 348 g/mol. The molecule has 0 fully saturated rings. The zero-order valence-electron chi connectivity index (χ0n) is 13.5. The third-order valence-electron chi connectivity index (χ3n) is 4.18. The minimum Gasteiger partial charge on any atom is -0.339 e. The highest BCUT2D eigenvalue weighted by Gasteiger charge is 2.27. The third-order valence-corrected chi connectivity index (χ3v) is 5.58. The van der Waals surface area contributed by atoms with E-state index in [1.165, 1.54) is 18.6 Å². The minimum absolute atomic E-state index is 0.0208. The second kappa shape index (κ2) is 6.37. The summed E-state index contributed by atoms with van der Waals surface area (Å²) in [5.74, 6) is 0. The first kappa shape index (κ1) is 16.7. The lowest BCUT2D eigenvalue weighted by Gasteiger charge is -2.27. The van der Waals surface area contributed by atoms with Gasteiger partial charge in [-0.3, -0.25) is 4.79 Å². The molecule has 0 aliphatic heterocycles. The maximum Gasteiger partial charge on any atom is 0.259 e. The molecule has 128 valence electrons. The Morgan fingerprint density at radius 1 is 1.46 bits per heavy atom. The first-order valence-corrected chi connectivity index (χ1v) is 9.22. The Morgan fingerprint density at radius 3 is 2.92 bits per heavy atom. The molecule has 2 aromatic heterocycles. The van der Waals surface area contributed by atoms with Gasteiger partial charge in [0.05, 0.1) is 6.33 Å². The predicted molar refractivity (Wildman–Crippen MR) is 90.2 cm³/mol. The van der Waals surface area contributed by atoms with Crippen molar-refractivity contribution in [2.24, 2.45) is 7.05 Å². The van der Waals surface area contributed by atoms with Gasteiger partial charge in [-0.2, -0.15) is 0 Å². The van der Waals surface area contributed by atoms with Gasteiger partial charge in [0.2, 0.25) is 0 Å². The van der Waals surface area contributed by atoms with Crippen LogP contribution in [0.25, 0.3) is 0 Å². The van der Waals surface area contributed by atoms with Gasteiger partial charge in [-0.05, 0) is 24.8 Å². The van der Waals surface area contributed by atoms with Crippen molar-refractivity contribution in [2.45, 2.75) is 36.9 Å². The zero-order valence-corrected chi connectivity index (χ0v) is 14.3. The molecule has 2 aromatic rings. The molecule has 0 bridgehead atoms. The summed E-state index contributed by atoms with van der Waals surface area (Å²) in [5, 5.41) is 0.0208. The molecule has 0 aromatic carbocycles. The first-order chi connectivity index (χ1) is 11.4. The largest absolute Gasteiger partial charge is 0.339 e. The van der Waals surface area contributed by atoms with Gasteiger partial charge in [-0.1, -0.05) is 12.1 Å². The SMILES string of the molecule is C=CCn1c2c(ccc1=O)CC(NS(=O)(=O)c1cn(C)cn1)CC2. The fourth-order valence-electron chi connectivity index (χ4n) is 3.06. The maximum absolute atomic E-state index is 12.4. The van der Waals surface area contributed by atoms with Crippen LogP contribution in [0, 0.1) is 0 Å². The van der Waals surface area contributed by atoms with Gasteiger partial charge in [0.15, 0.2) is 5.03 Å². The van der Waals surface area contributed by atoms with E-state index < -0.39 is 10.0 Å². The summed E-state index contributed by atoms with van der Waals surface area (Å²) in [5.41, 5.74) is 1.91. The van der Waals surface area contributed by atoms with E-state index in [0.717, 1.165) is 11.3 Å². The van der Waals surface area contributed by atoms with Crippen molar-refractivity contribution >= 4 is 10.0 Å². The molecule has 1 aliphatic carbocycles. The Morgan fingerprint density at radius 2 is 2.25 bits per heavy atom. The van der Waals surface area contributed by atoms with Gasteiger partial charge in [-0.25, -0.2) is 18.1 Å². The molecule has 1 unspecified atom stereocenters. The van der Waals surface area contributed by atoms with Crippen molar-refractivity contribution in [3.63, 3.8) is 0 Å². The van der Waals surface area contributed by atoms with Crippen LogP contribution >= 0.6 is 0 Å². The Bertz CT molecular complexity index is 927. The Balaban J connectivity index is 1.82. The molecule has 0 amide bonds. The van der Waals surface area contributed by atoms with E-state index in [4.69, 9.17) is 0 Å². The van der Waals surface area contributed by atoms with E-state index in [1.807, 2.05) is 0 Å². The Labute approximate surface area is 140 Å². The van der Waals surface area contributed by atoms with E-state index in [9.17, 15) is 13.2 Å². The predicted octanol–water partition coefficient (Wildman–Crippen LogP) is 0.604. The molecule has 1 aliphatic rings. The summed E-state index contributed by atoms with van der Waals surface area (Å²) in [6.07, 6.45) is 6.46. The topological polar surface area (TPSA) is 86.0 Å². The van der Waals surface area contributed by atoms with Crippen LogP contribution in [0.3, 0.4) is 0 Å². The second-order valence-electron chi connectivity index (χ2n) is 5.98. The van der Waals surface area contributed by atoms with Gasteiger partial charge in [-0.15, -0.1) is 6.58 Å². The molecule has 3 rings (SSSR count). The van der Waals surface area contributed by atoms with Crippen LogP contribution in [-0.4, -0.2) is 28.6 Å². The minimum atomic E-state index is -3.64. The van der Waals surface area contributed by atoms with Crippen LogP contribution in [0.1, 0.15) is 17.7 Å². The first-order valence-electron chi connectivity index (χ1n) is 7.73. The average Bonchev–Trinajstić information content (AvgIpc) is 2.97. The number of nitrogens with one attached hydrogen (secondary N) is 1. The summed E-state index contributed by atoms with van der Waals surface area (Å²) in [6.45, 7) is 4.15. The lowest BCUT2D eigenvalue weighted by Crippen LogP contribution is -2.40. The van der Waals surface area contributed by atoms with Crippen molar-refractivity contribution in [2.75, 3.05) is 0 Å². The lowest BCUT2D eigenvalue weighted by atomic mass is 9.92. The number of rotatable bonds is 5. The number of pyridine rings is 1. The van der Waals surface area contributed by atoms with Gasteiger partial charge in [0.1, 0.15) is 0 Å². The highest BCUT2D eigenvalue weighted by Crippen LogP contribution is 2.21. The standard InChI is InChI=1S/C16H20N4O3S/c1-3-8-20-14-6-5-13(9-12(14)4-7-16(20)21)18-24(22,23)15-10-19(2)11-17-15/h3-4,7,10-11,13,18H,1,5-6,8-9H2,2H3. The molecule has 7 nitrogen and oxygen atoms in total. The van der Waals surface area contributed by atoms with Crippen LogP contribution in [0.4, 0.5) is 0 Å². The van der Waals surface area contributed by atoms with Crippen LogP contribution in [0.2, 0.25) is 0 Å². The molecule has 8 heteroatoms. The van der Waals surface area contributed by atoms with Crippen molar-refractivity contribution in [3.05, 3.63) is 58.9 Å². The highest BCUT2D eigenvalue weighted by atomic mass is 32.2. The molecule has 0 radical (unpaired) electrons. The summed E-state index contributed by atoms with van der Waals surface area (Å²) in [4.78, 5) is 15.9. The lowest BCUT2D eigenvalue weighted by molar-refractivity contribution is 0.489. The fraction of sp³-hybridized carbons (Fsp3) is 0.375. The maximum atomic E-state index is 12.4. The van der Waals surface area contributed by atoms with Crippen molar-refractivity contribution in [1.29, 1.82) is 0 Å². The summed E-state index contributed by atoms with van der Waals surface area (Å²) < 4.78 is 30.8. The van der Waals surface area contributed by atoms with Gasteiger partial charge >= 0.3 is 0 Å². The molecular formula is C16H20N4O3S. The van der Waals surface area contributed by atoms with Crippen LogP contribution < -0.4 is 10.3 Å². The number of sulfonamides is 1. The van der Waals surface area contributed by atoms with Crippen molar-refractivity contribution < 1.29 is 8.42 Å². The van der Waals surface area contributed by atoms with E-state index in [-0.39, 0.29) is 16.6 Å². The van der Waals surface area contributed by atoms with E-state index in [2.05, 4.69) is 16.3 Å². The summed E-state index contributed by atoms with van der Waals surface area (Å²) in [7, 11) is -1.91. The molecule has 0 spiro atoms. The number of aryl methyl sites for hydroxylation is 1. The number of hydrogen-bond donors (Lipinski definition) is 1. The van der Waals surface area contributed by atoms with E-state index in [0.29, 0.717) is 25.8 Å². The molecule has 0 saturated heterocycles. The molecule has 24 heavy (non-hydrogen) atoms. The number of imidazole rings is 1. The third kappa shape index (κ3) is 3.20. The summed E-state index contributed by atoms with van der Waals surface area (Å²) in [6, 6.07) is 3.11. The smallest absolute Gasteiger partial charge is 0.259 e. The van der Waals surface area contributed by atoms with Gasteiger partial charge < -0.3 is 9.13 Å². The zero-order chi connectivity index (χ0) is 17.3. The highest BCUT2D eigenvalue weighted by molar-refractivity contribution is 7.89. The number of aromatic nitrogens is 3. The molecular weight excluding hydrogens is 328 g/mol. The molecule has 1 N–H and O–H groups in total. The van der Waals surface area contributed by atoms with Crippen LogP contribution in [0.5, 0.6) is 0 Å².